The Morgan fingerprint density at radius 3 is 2.44 bits per heavy atom. The van der Waals surface area contributed by atoms with E-state index in [0.29, 0.717) is 31.2 Å². The second-order valence-electron chi connectivity index (χ2n) is 6.42. The number of rotatable bonds is 10. The summed E-state index contributed by atoms with van der Waals surface area (Å²) in [4.78, 5) is 0. The molecule has 2 N–H and O–H groups in total. The molecule has 0 aromatic heterocycles. The van der Waals surface area contributed by atoms with Crippen LogP contribution < -0.4 is 19.5 Å². The Morgan fingerprint density at radius 2 is 1.85 bits per heavy atom. The summed E-state index contributed by atoms with van der Waals surface area (Å²) in [6.45, 7) is 7.52. The molecule has 0 spiro atoms. The van der Waals surface area contributed by atoms with Crippen molar-refractivity contribution < 1.29 is 19.3 Å². The van der Waals surface area contributed by atoms with E-state index in [0.717, 1.165) is 21.3 Å². The van der Waals surface area contributed by atoms with Gasteiger partial charge in [0, 0.05) is 13.1 Å². The van der Waals surface area contributed by atoms with Gasteiger partial charge in [0.2, 0.25) is 0 Å². The fraction of sp³-hybridized carbons (Fsp3) is 0.429. The smallest absolute Gasteiger partial charge is 0.175 e. The SMILES string of the molecule is CCOc1c(Br)cc(CNC[C@@H](O)c2ccc(OC(C)C)cc2)cc1OC. The first-order valence-electron chi connectivity index (χ1n) is 9.09. The molecule has 0 aliphatic carbocycles. The van der Waals surface area contributed by atoms with Crippen LogP contribution in [0.2, 0.25) is 0 Å². The van der Waals surface area contributed by atoms with E-state index in [4.69, 9.17) is 14.2 Å². The zero-order valence-electron chi connectivity index (χ0n) is 16.3. The Hall–Kier alpha value is -1.76. The van der Waals surface area contributed by atoms with Gasteiger partial charge in [-0.2, -0.15) is 0 Å². The highest BCUT2D eigenvalue weighted by atomic mass is 79.9. The number of aliphatic hydroxyl groups is 1. The number of hydrogen-bond donors (Lipinski definition) is 2. The predicted octanol–water partition coefficient (Wildman–Crippen LogP) is 4.47. The Bertz CT molecular complexity index is 719. The molecule has 0 saturated carbocycles. The van der Waals surface area contributed by atoms with Crippen molar-refractivity contribution in [2.75, 3.05) is 20.3 Å². The molecule has 5 nitrogen and oxygen atoms in total. The van der Waals surface area contributed by atoms with Crippen LogP contribution in [-0.4, -0.2) is 31.5 Å². The fourth-order valence-electron chi connectivity index (χ4n) is 2.67. The van der Waals surface area contributed by atoms with Gasteiger partial charge in [0.05, 0.1) is 30.4 Å². The van der Waals surface area contributed by atoms with E-state index >= 15 is 0 Å². The number of ether oxygens (including phenoxy) is 3. The molecule has 0 aliphatic rings. The zero-order chi connectivity index (χ0) is 19.8. The van der Waals surface area contributed by atoms with E-state index in [1.807, 2.05) is 57.2 Å². The maximum atomic E-state index is 10.4. The molecule has 2 rings (SSSR count). The Morgan fingerprint density at radius 1 is 1.15 bits per heavy atom. The van der Waals surface area contributed by atoms with Gasteiger partial charge in [-0.1, -0.05) is 12.1 Å². The van der Waals surface area contributed by atoms with Crippen molar-refractivity contribution in [3.8, 4) is 17.2 Å². The van der Waals surface area contributed by atoms with Crippen molar-refractivity contribution in [3.63, 3.8) is 0 Å². The van der Waals surface area contributed by atoms with Gasteiger partial charge in [-0.3, -0.25) is 0 Å². The molecule has 27 heavy (non-hydrogen) atoms. The van der Waals surface area contributed by atoms with Crippen molar-refractivity contribution in [1.29, 1.82) is 0 Å². The molecular formula is C21H28BrNO4. The van der Waals surface area contributed by atoms with Crippen molar-refractivity contribution in [2.24, 2.45) is 0 Å². The summed E-state index contributed by atoms with van der Waals surface area (Å²) in [5, 5.41) is 13.7. The first kappa shape index (κ1) is 21.5. The predicted molar refractivity (Wildman–Crippen MR) is 111 cm³/mol. The van der Waals surface area contributed by atoms with E-state index < -0.39 is 6.10 Å². The lowest BCUT2D eigenvalue weighted by atomic mass is 10.1. The lowest BCUT2D eigenvalue weighted by Gasteiger charge is -2.16. The summed E-state index contributed by atoms with van der Waals surface area (Å²) in [6.07, 6.45) is -0.459. The van der Waals surface area contributed by atoms with Gasteiger partial charge < -0.3 is 24.6 Å². The highest BCUT2D eigenvalue weighted by molar-refractivity contribution is 9.10. The molecule has 0 heterocycles. The number of aliphatic hydroxyl groups excluding tert-OH is 1. The van der Waals surface area contributed by atoms with Crippen molar-refractivity contribution in [3.05, 3.63) is 52.0 Å². The Labute approximate surface area is 169 Å². The number of benzene rings is 2. The fourth-order valence-corrected chi connectivity index (χ4v) is 3.28. The van der Waals surface area contributed by atoms with Crippen LogP contribution in [0.1, 0.15) is 38.0 Å². The molecule has 0 bridgehead atoms. The molecule has 0 fully saturated rings. The van der Waals surface area contributed by atoms with Crippen LogP contribution >= 0.6 is 15.9 Å². The van der Waals surface area contributed by atoms with Crippen LogP contribution in [0.25, 0.3) is 0 Å². The second kappa shape index (κ2) is 10.5. The van der Waals surface area contributed by atoms with Crippen molar-refractivity contribution >= 4 is 15.9 Å². The van der Waals surface area contributed by atoms with E-state index in [1.54, 1.807) is 7.11 Å². The van der Waals surface area contributed by atoms with Gasteiger partial charge in [-0.15, -0.1) is 0 Å². The van der Waals surface area contributed by atoms with E-state index in [9.17, 15) is 5.11 Å². The third-order valence-corrected chi connectivity index (χ3v) is 4.47. The highest BCUT2D eigenvalue weighted by Gasteiger charge is 2.12. The van der Waals surface area contributed by atoms with Gasteiger partial charge >= 0.3 is 0 Å². The quantitative estimate of drug-likeness (QED) is 0.574. The molecule has 0 radical (unpaired) electrons. The van der Waals surface area contributed by atoms with Crippen molar-refractivity contribution in [2.45, 2.75) is 39.5 Å². The number of hydrogen-bond acceptors (Lipinski definition) is 5. The van der Waals surface area contributed by atoms with Crippen LogP contribution in [0.3, 0.4) is 0 Å². The molecule has 0 saturated heterocycles. The zero-order valence-corrected chi connectivity index (χ0v) is 17.9. The Balaban J connectivity index is 1.92. The minimum Gasteiger partial charge on any atom is -0.493 e. The highest BCUT2D eigenvalue weighted by Crippen LogP contribution is 2.36. The van der Waals surface area contributed by atoms with Gasteiger partial charge in [-0.05, 0) is 72.1 Å². The Kier molecular flexibility index (Phi) is 8.41. The monoisotopic (exact) mass is 437 g/mol. The minimum atomic E-state index is -0.592. The molecular weight excluding hydrogens is 410 g/mol. The van der Waals surface area contributed by atoms with Crippen molar-refractivity contribution in [1.82, 2.24) is 5.32 Å². The summed E-state index contributed by atoms with van der Waals surface area (Å²) < 4.78 is 17.5. The second-order valence-corrected chi connectivity index (χ2v) is 7.28. The van der Waals surface area contributed by atoms with Gasteiger partial charge in [0.1, 0.15) is 5.75 Å². The first-order valence-corrected chi connectivity index (χ1v) is 9.88. The summed E-state index contributed by atoms with van der Waals surface area (Å²) in [7, 11) is 1.62. The molecule has 0 amide bonds. The van der Waals surface area contributed by atoms with Crippen LogP contribution in [0.4, 0.5) is 0 Å². The molecule has 148 valence electrons. The largest absolute Gasteiger partial charge is 0.493 e. The number of nitrogens with one attached hydrogen (secondary N) is 1. The van der Waals surface area contributed by atoms with Crippen LogP contribution in [-0.2, 0) is 6.54 Å². The topological polar surface area (TPSA) is 60.0 Å². The van der Waals surface area contributed by atoms with Crippen LogP contribution in [0.5, 0.6) is 17.2 Å². The summed E-state index contributed by atoms with van der Waals surface area (Å²) in [6, 6.07) is 11.5. The maximum absolute atomic E-state index is 10.4. The van der Waals surface area contributed by atoms with Gasteiger partial charge in [0.25, 0.3) is 0 Å². The molecule has 2 aromatic rings. The summed E-state index contributed by atoms with van der Waals surface area (Å²) >= 11 is 3.53. The van der Waals surface area contributed by atoms with E-state index in [2.05, 4.69) is 21.2 Å². The summed E-state index contributed by atoms with van der Waals surface area (Å²) in [5.74, 6) is 2.19. The molecule has 1 atom stereocenters. The average Bonchev–Trinajstić information content (AvgIpc) is 2.63. The molecule has 6 heteroatoms. The van der Waals surface area contributed by atoms with Crippen LogP contribution in [0.15, 0.2) is 40.9 Å². The number of halogens is 1. The van der Waals surface area contributed by atoms with Gasteiger partial charge in [0.15, 0.2) is 11.5 Å². The normalized spacial score (nSPS) is 12.1. The molecule has 2 aromatic carbocycles. The molecule has 0 unspecified atom stereocenters. The number of methoxy groups -OCH3 is 1. The lowest BCUT2D eigenvalue weighted by molar-refractivity contribution is 0.174. The molecule has 0 aliphatic heterocycles. The third kappa shape index (κ3) is 6.41. The van der Waals surface area contributed by atoms with E-state index in [1.165, 1.54) is 0 Å². The van der Waals surface area contributed by atoms with Gasteiger partial charge in [-0.25, -0.2) is 0 Å². The first-order chi connectivity index (χ1) is 12.9. The summed E-state index contributed by atoms with van der Waals surface area (Å²) in [5.41, 5.74) is 1.89. The maximum Gasteiger partial charge on any atom is 0.175 e. The lowest BCUT2D eigenvalue weighted by Crippen LogP contribution is -2.21. The average molecular weight is 438 g/mol. The third-order valence-electron chi connectivity index (χ3n) is 3.88. The van der Waals surface area contributed by atoms with Crippen LogP contribution in [0, 0.1) is 0 Å². The standard InChI is InChI=1S/C21H28BrNO4/c1-5-26-21-18(22)10-15(11-20(21)25-4)12-23-13-19(24)16-6-8-17(9-7-16)27-14(2)3/h6-11,14,19,23-24H,5,12-13H2,1-4H3/t19-/m1/s1. The van der Waals surface area contributed by atoms with E-state index in [-0.39, 0.29) is 6.10 Å². The minimum absolute atomic E-state index is 0.132.